The minimum atomic E-state index is -4.47. The average Bonchev–Trinajstić information content (AvgIpc) is 3.53. The van der Waals surface area contributed by atoms with Crippen molar-refractivity contribution in [3.63, 3.8) is 0 Å². The third-order valence-corrected chi connectivity index (χ3v) is 6.55. The SMILES string of the molecule is CC(C)N1CCC(NC2CC2c2ccc(NC(=O)c3cccc(C(F)(F)F)c3)cc2)CC1. The first kappa shape index (κ1) is 22.8. The highest BCUT2D eigenvalue weighted by Crippen LogP contribution is 2.42. The van der Waals surface area contributed by atoms with Gasteiger partial charge in [0.25, 0.3) is 5.91 Å². The van der Waals surface area contributed by atoms with Crippen molar-refractivity contribution in [2.45, 2.75) is 63.3 Å². The van der Waals surface area contributed by atoms with Gasteiger partial charge in [-0.05, 0) is 82.1 Å². The van der Waals surface area contributed by atoms with Crippen LogP contribution in [0, 0.1) is 0 Å². The van der Waals surface area contributed by atoms with Crippen LogP contribution in [0.5, 0.6) is 0 Å². The van der Waals surface area contributed by atoms with E-state index in [9.17, 15) is 18.0 Å². The van der Waals surface area contributed by atoms with Crippen molar-refractivity contribution >= 4 is 11.6 Å². The fourth-order valence-electron chi connectivity index (χ4n) is 4.49. The molecule has 1 saturated heterocycles. The number of piperidine rings is 1. The number of anilines is 1. The summed E-state index contributed by atoms with van der Waals surface area (Å²) in [6.45, 7) is 6.78. The number of halogens is 3. The molecule has 1 heterocycles. The van der Waals surface area contributed by atoms with Crippen LogP contribution in [0.25, 0.3) is 0 Å². The number of nitrogens with one attached hydrogen (secondary N) is 2. The maximum absolute atomic E-state index is 12.9. The highest BCUT2D eigenvalue weighted by atomic mass is 19.4. The van der Waals surface area contributed by atoms with Crippen LogP contribution in [-0.2, 0) is 6.18 Å². The summed E-state index contributed by atoms with van der Waals surface area (Å²) >= 11 is 0. The molecule has 32 heavy (non-hydrogen) atoms. The number of hydrogen-bond acceptors (Lipinski definition) is 3. The van der Waals surface area contributed by atoms with Crippen LogP contribution in [0.15, 0.2) is 48.5 Å². The van der Waals surface area contributed by atoms with Crippen molar-refractivity contribution in [2.75, 3.05) is 18.4 Å². The third kappa shape index (κ3) is 5.51. The van der Waals surface area contributed by atoms with Crippen LogP contribution >= 0.6 is 0 Å². The Morgan fingerprint density at radius 3 is 2.38 bits per heavy atom. The number of alkyl halides is 3. The summed E-state index contributed by atoms with van der Waals surface area (Å²) in [6, 6.07) is 13.8. The predicted molar refractivity (Wildman–Crippen MR) is 120 cm³/mol. The van der Waals surface area contributed by atoms with Gasteiger partial charge in [-0.15, -0.1) is 0 Å². The molecule has 2 unspecified atom stereocenters. The number of amides is 1. The van der Waals surface area contributed by atoms with Gasteiger partial charge >= 0.3 is 6.18 Å². The number of carbonyl (C=O) groups is 1. The maximum atomic E-state index is 12.9. The van der Waals surface area contributed by atoms with Gasteiger partial charge in [0.05, 0.1) is 5.56 Å². The molecule has 0 bridgehead atoms. The van der Waals surface area contributed by atoms with Gasteiger partial charge < -0.3 is 15.5 Å². The molecule has 0 aromatic heterocycles. The molecule has 4 nitrogen and oxygen atoms in total. The molecular weight excluding hydrogens is 415 g/mol. The van der Waals surface area contributed by atoms with Crippen molar-refractivity contribution in [3.8, 4) is 0 Å². The molecule has 2 N–H and O–H groups in total. The molecule has 2 aliphatic rings. The number of hydrogen-bond donors (Lipinski definition) is 2. The normalized spacial score (nSPS) is 22.2. The van der Waals surface area contributed by atoms with Crippen LogP contribution in [-0.4, -0.2) is 42.0 Å². The topological polar surface area (TPSA) is 44.4 Å². The molecule has 4 rings (SSSR count). The van der Waals surface area contributed by atoms with E-state index in [0.29, 0.717) is 29.7 Å². The monoisotopic (exact) mass is 445 g/mol. The van der Waals surface area contributed by atoms with Crippen molar-refractivity contribution in [3.05, 3.63) is 65.2 Å². The minimum absolute atomic E-state index is 0.0149. The van der Waals surface area contributed by atoms with E-state index in [1.54, 1.807) is 0 Å². The second kappa shape index (κ2) is 9.24. The molecule has 2 fully saturated rings. The molecule has 172 valence electrons. The fraction of sp³-hybridized carbons (Fsp3) is 0.480. The molecule has 1 aliphatic heterocycles. The third-order valence-electron chi connectivity index (χ3n) is 6.55. The van der Waals surface area contributed by atoms with Crippen LogP contribution in [0.4, 0.5) is 18.9 Å². The van der Waals surface area contributed by atoms with Crippen molar-refractivity contribution in [1.82, 2.24) is 10.2 Å². The Kier molecular flexibility index (Phi) is 6.58. The minimum Gasteiger partial charge on any atom is -0.322 e. The van der Waals surface area contributed by atoms with E-state index in [-0.39, 0.29) is 5.56 Å². The van der Waals surface area contributed by atoms with Gasteiger partial charge in [0.1, 0.15) is 0 Å². The van der Waals surface area contributed by atoms with E-state index in [0.717, 1.165) is 31.6 Å². The van der Waals surface area contributed by atoms with Gasteiger partial charge in [-0.2, -0.15) is 13.2 Å². The zero-order valence-electron chi connectivity index (χ0n) is 18.5. The molecule has 0 radical (unpaired) electrons. The molecule has 2 atom stereocenters. The van der Waals surface area contributed by atoms with E-state index in [1.165, 1.54) is 30.5 Å². The van der Waals surface area contributed by atoms with Gasteiger partial charge in [0.15, 0.2) is 0 Å². The second-order valence-electron chi connectivity index (χ2n) is 9.17. The molecule has 1 aliphatic carbocycles. The standard InChI is InChI=1S/C25H30F3N3O/c1-16(2)31-12-10-21(11-13-31)29-23-15-22(23)17-6-8-20(9-7-17)30-24(32)18-4-3-5-19(14-18)25(26,27)28/h3-9,14,16,21-23,29H,10-13,15H2,1-2H3,(H,30,32). The lowest BCUT2D eigenvalue weighted by Gasteiger charge is -2.35. The van der Waals surface area contributed by atoms with Gasteiger partial charge in [-0.1, -0.05) is 18.2 Å². The lowest BCUT2D eigenvalue weighted by Crippen LogP contribution is -2.45. The number of likely N-dealkylation sites (tertiary alicyclic amines) is 1. The van der Waals surface area contributed by atoms with Crippen LogP contribution in [0.1, 0.15) is 60.5 Å². The van der Waals surface area contributed by atoms with Crippen LogP contribution < -0.4 is 10.6 Å². The lowest BCUT2D eigenvalue weighted by molar-refractivity contribution is -0.137. The van der Waals surface area contributed by atoms with Crippen molar-refractivity contribution < 1.29 is 18.0 Å². The molecule has 1 amide bonds. The van der Waals surface area contributed by atoms with Gasteiger partial charge in [-0.3, -0.25) is 4.79 Å². The summed E-state index contributed by atoms with van der Waals surface area (Å²) in [5.74, 6) is -0.0751. The highest BCUT2D eigenvalue weighted by molar-refractivity contribution is 6.04. The lowest BCUT2D eigenvalue weighted by atomic mass is 10.0. The zero-order chi connectivity index (χ0) is 22.9. The number of nitrogens with zero attached hydrogens (tertiary/aromatic N) is 1. The Bertz CT molecular complexity index is 934. The predicted octanol–water partition coefficient (Wildman–Crippen LogP) is 5.28. The Hall–Kier alpha value is -2.38. The highest BCUT2D eigenvalue weighted by Gasteiger charge is 2.39. The first-order valence-electron chi connectivity index (χ1n) is 11.3. The summed E-state index contributed by atoms with van der Waals surface area (Å²) in [7, 11) is 0. The summed E-state index contributed by atoms with van der Waals surface area (Å²) in [5.41, 5.74) is 0.947. The van der Waals surface area contributed by atoms with Gasteiger partial charge in [0.2, 0.25) is 0 Å². The van der Waals surface area contributed by atoms with Crippen molar-refractivity contribution in [2.24, 2.45) is 0 Å². The van der Waals surface area contributed by atoms with Gasteiger partial charge in [-0.25, -0.2) is 0 Å². The summed E-state index contributed by atoms with van der Waals surface area (Å²) < 4.78 is 38.6. The largest absolute Gasteiger partial charge is 0.416 e. The fourth-order valence-corrected chi connectivity index (χ4v) is 4.49. The molecule has 1 saturated carbocycles. The Balaban J connectivity index is 1.28. The Labute approximate surface area is 187 Å². The van der Waals surface area contributed by atoms with E-state index < -0.39 is 17.6 Å². The van der Waals surface area contributed by atoms with Crippen LogP contribution in [0.2, 0.25) is 0 Å². The molecule has 2 aromatic rings. The number of carbonyl (C=O) groups excluding carboxylic acids is 1. The smallest absolute Gasteiger partial charge is 0.322 e. The number of benzene rings is 2. The Morgan fingerprint density at radius 2 is 1.75 bits per heavy atom. The number of rotatable bonds is 6. The average molecular weight is 446 g/mol. The summed E-state index contributed by atoms with van der Waals surface area (Å²) in [4.78, 5) is 14.9. The maximum Gasteiger partial charge on any atom is 0.416 e. The first-order valence-corrected chi connectivity index (χ1v) is 11.3. The summed E-state index contributed by atoms with van der Waals surface area (Å²) in [5, 5.41) is 6.49. The van der Waals surface area contributed by atoms with E-state index in [4.69, 9.17) is 0 Å². The molecule has 7 heteroatoms. The molecular formula is C25H30F3N3O. The van der Waals surface area contributed by atoms with Crippen LogP contribution in [0.3, 0.4) is 0 Å². The molecule has 0 spiro atoms. The quantitative estimate of drug-likeness (QED) is 0.636. The second-order valence-corrected chi connectivity index (χ2v) is 9.17. The van der Waals surface area contributed by atoms with E-state index >= 15 is 0 Å². The zero-order valence-corrected chi connectivity index (χ0v) is 18.5. The van der Waals surface area contributed by atoms with Crippen molar-refractivity contribution in [1.29, 1.82) is 0 Å². The summed E-state index contributed by atoms with van der Waals surface area (Å²) in [6.07, 6.45) is -0.998. The van der Waals surface area contributed by atoms with E-state index in [2.05, 4.69) is 29.4 Å². The van der Waals surface area contributed by atoms with E-state index in [1.807, 2.05) is 24.3 Å². The Morgan fingerprint density at radius 1 is 1.06 bits per heavy atom. The molecule has 2 aromatic carbocycles. The first-order chi connectivity index (χ1) is 15.2. The van der Waals surface area contributed by atoms with Gasteiger partial charge in [0, 0.05) is 35.3 Å².